The molecule has 0 saturated carbocycles. The zero-order valence-electron chi connectivity index (χ0n) is 10.3. The predicted octanol–water partition coefficient (Wildman–Crippen LogP) is 3.31. The van der Waals surface area contributed by atoms with Gasteiger partial charge in [-0.05, 0) is 24.6 Å². The van der Waals surface area contributed by atoms with Gasteiger partial charge in [-0.2, -0.15) is 5.10 Å². The Labute approximate surface area is 114 Å². The number of aryl methyl sites for hydroxylation is 1. The molecule has 19 heavy (non-hydrogen) atoms. The number of halogens is 3. The van der Waals surface area contributed by atoms with Crippen LogP contribution in [-0.4, -0.2) is 14.9 Å². The topological polar surface area (TPSA) is 38.0 Å². The molecule has 3 nitrogen and oxygen atoms in total. The molecule has 1 N–H and O–H groups in total. The van der Waals surface area contributed by atoms with Gasteiger partial charge in [-0.1, -0.05) is 18.5 Å². The molecule has 0 fully saturated rings. The van der Waals surface area contributed by atoms with Gasteiger partial charge < -0.3 is 5.11 Å². The Morgan fingerprint density at radius 1 is 1.42 bits per heavy atom. The zero-order chi connectivity index (χ0) is 14.0. The summed E-state index contributed by atoms with van der Waals surface area (Å²) in [5, 5.41) is 14.5. The van der Waals surface area contributed by atoms with E-state index in [-0.39, 0.29) is 16.3 Å². The highest BCUT2D eigenvalue weighted by Gasteiger charge is 2.22. The molecular formula is C13H13ClF2N2O. The van der Waals surface area contributed by atoms with Crippen molar-refractivity contribution in [2.45, 2.75) is 26.0 Å². The van der Waals surface area contributed by atoms with Crippen molar-refractivity contribution < 1.29 is 13.9 Å². The third-order valence-corrected chi connectivity index (χ3v) is 3.07. The molecule has 2 rings (SSSR count). The normalized spacial score (nSPS) is 12.7. The first kappa shape index (κ1) is 14.0. The average molecular weight is 287 g/mol. The highest BCUT2D eigenvalue weighted by molar-refractivity contribution is 6.31. The van der Waals surface area contributed by atoms with Crippen LogP contribution in [-0.2, 0) is 6.54 Å². The van der Waals surface area contributed by atoms with Crippen LogP contribution in [0.4, 0.5) is 8.78 Å². The van der Waals surface area contributed by atoms with E-state index in [0.717, 1.165) is 24.6 Å². The number of aliphatic hydroxyl groups excluding tert-OH is 1. The van der Waals surface area contributed by atoms with E-state index in [1.807, 2.05) is 6.92 Å². The molecule has 0 aliphatic heterocycles. The van der Waals surface area contributed by atoms with E-state index >= 15 is 0 Å². The Balaban J connectivity index is 2.46. The van der Waals surface area contributed by atoms with E-state index < -0.39 is 17.7 Å². The van der Waals surface area contributed by atoms with E-state index in [4.69, 9.17) is 11.6 Å². The summed E-state index contributed by atoms with van der Waals surface area (Å²) < 4.78 is 28.3. The number of nitrogens with zero attached hydrogens (tertiary/aromatic N) is 2. The summed E-state index contributed by atoms with van der Waals surface area (Å²) in [5.74, 6) is -1.30. The summed E-state index contributed by atoms with van der Waals surface area (Å²) in [6, 6.07) is 2.93. The quantitative estimate of drug-likeness (QED) is 0.936. The third-order valence-electron chi connectivity index (χ3n) is 2.78. The van der Waals surface area contributed by atoms with Gasteiger partial charge in [0.2, 0.25) is 0 Å². The molecular weight excluding hydrogens is 274 g/mol. The van der Waals surface area contributed by atoms with E-state index in [9.17, 15) is 13.9 Å². The monoisotopic (exact) mass is 286 g/mol. The third kappa shape index (κ3) is 2.77. The number of hydrogen-bond acceptors (Lipinski definition) is 2. The molecule has 102 valence electrons. The van der Waals surface area contributed by atoms with E-state index in [1.54, 1.807) is 0 Å². The van der Waals surface area contributed by atoms with Crippen LogP contribution in [0.15, 0.2) is 24.4 Å². The lowest BCUT2D eigenvalue weighted by Crippen LogP contribution is -2.12. The van der Waals surface area contributed by atoms with Gasteiger partial charge in [0.25, 0.3) is 0 Å². The van der Waals surface area contributed by atoms with Crippen LogP contribution in [0, 0.1) is 11.6 Å². The minimum absolute atomic E-state index is 0.153. The molecule has 1 unspecified atom stereocenters. The summed E-state index contributed by atoms with van der Waals surface area (Å²) in [4.78, 5) is 0. The van der Waals surface area contributed by atoms with E-state index in [2.05, 4.69) is 5.10 Å². The Bertz CT molecular complexity index is 586. The van der Waals surface area contributed by atoms with Crippen LogP contribution in [0.5, 0.6) is 0 Å². The lowest BCUT2D eigenvalue weighted by molar-refractivity contribution is 0.202. The van der Waals surface area contributed by atoms with E-state index in [0.29, 0.717) is 6.54 Å². The van der Waals surface area contributed by atoms with Crippen molar-refractivity contribution >= 4 is 11.6 Å². The molecule has 0 saturated heterocycles. The minimum atomic E-state index is -1.35. The highest BCUT2D eigenvalue weighted by atomic mass is 35.5. The van der Waals surface area contributed by atoms with Gasteiger partial charge in [-0.3, -0.25) is 4.68 Å². The molecule has 1 aromatic heterocycles. The largest absolute Gasteiger partial charge is 0.382 e. The summed E-state index contributed by atoms with van der Waals surface area (Å²) in [7, 11) is 0. The summed E-state index contributed by atoms with van der Waals surface area (Å²) in [6.07, 6.45) is 0.813. The molecule has 1 heterocycles. The smallest absolute Gasteiger partial charge is 0.129 e. The minimum Gasteiger partial charge on any atom is -0.382 e. The second kappa shape index (κ2) is 5.67. The first-order chi connectivity index (χ1) is 9.04. The van der Waals surface area contributed by atoms with Crippen LogP contribution < -0.4 is 0 Å². The van der Waals surface area contributed by atoms with Gasteiger partial charge in [-0.25, -0.2) is 8.78 Å². The summed E-state index contributed by atoms with van der Waals surface area (Å²) in [5.41, 5.74) is 0.118. The Morgan fingerprint density at radius 3 is 2.84 bits per heavy atom. The fourth-order valence-corrected chi connectivity index (χ4v) is 2.15. The SMILES string of the molecule is CCCn1ncc(Cl)c1C(O)c1cc(F)ccc1F. The molecule has 0 radical (unpaired) electrons. The van der Waals surface area contributed by atoms with Crippen LogP contribution in [0.3, 0.4) is 0 Å². The summed E-state index contributed by atoms with van der Waals surface area (Å²) >= 11 is 5.96. The number of benzene rings is 1. The zero-order valence-corrected chi connectivity index (χ0v) is 11.0. The van der Waals surface area contributed by atoms with Gasteiger partial charge in [-0.15, -0.1) is 0 Å². The second-order valence-corrected chi connectivity index (χ2v) is 4.58. The lowest BCUT2D eigenvalue weighted by Gasteiger charge is -2.15. The second-order valence-electron chi connectivity index (χ2n) is 4.17. The molecule has 0 amide bonds. The van der Waals surface area contributed by atoms with Crippen LogP contribution >= 0.6 is 11.6 Å². The van der Waals surface area contributed by atoms with Gasteiger partial charge >= 0.3 is 0 Å². The predicted molar refractivity (Wildman–Crippen MR) is 67.9 cm³/mol. The molecule has 0 spiro atoms. The van der Waals surface area contributed by atoms with Crippen LogP contribution in [0.1, 0.15) is 30.7 Å². The van der Waals surface area contributed by atoms with Crippen LogP contribution in [0.25, 0.3) is 0 Å². The van der Waals surface area contributed by atoms with Crippen molar-refractivity contribution in [2.24, 2.45) is 0 Å². The van der Waals surface area contributed by atoms with Crippen molar-refractivity contribution in [3.8, 4) is 0 Å². The number of hydrogen-bond donors (Lipinski definition) is 1. The Morgan fingerprint density at radius 2 is 2.16 bits per heavy atom. The molecule has 0 aliphatic carbocycles. The number of aliphatic hydroxyl groups is 1. The van der Waals surface area contributed by atoms with Crippen molar-refractivity contribution in [1.82, 2.24) is 9.78 Å². The molecule has 6 heteroatoms. The van der Waals surface area contributed by atoms with Gasteiger partial charge in [0.1, 0.15) is 17.7 Å². The van der Waals surface area contributed by atoms with Gasteiger partial charge in [0, 0.05) is 12.1 Å². The van der Waals surface area contributed by atoms with Gasteiger partial charge in [0.15, 0.2) is 0 Å². The van der Waals surface area contributed by atoms with Crippen LogP contribution in [0.2, 0.25) is 5.02 Å². The Hall–Kier alpha value is -1.46. The molecule has 1 atom stereocenters. The average Bonchev–Trinajstić information content (AvgIpc) is 2.73. The maximum atomic E-state index is 13.7. The fourth-order valence-electron chi connectivity index (χ4n) is 1.91. The fraction of sp³-hybridized carbons (Fsp3) is 0.308. The molecule has 0 aliphatic rings. The molecule has 1 aromatic carbocycles. The van der Waals surface area contributed by atoms with Crippen molar-refractivity contribution in [2.75, 3.05) is 0 Å². The first-order valence-corrected chi connectivity index (χ1v) is 6.26. The number of aromatic nitrogens is 2. The van der Waals surface area contributed by atoms with Crippen molar-refractivity contribution in [3.63, 3.8) is 0 Å². The highest BCUT2D eigenvalue weighted by Crippen LogP contribution is 2.30. The van der Waals surface area contributed by atoms with Gasteiger partial charge in [0.05, 0.1) is 16.9 Å². The van der Waals surface area contributed by atoms with Crippen molar-refractivity contribution in [3.05, 3.63) is 52.3 Å². The van der Waals surface area contributed by atoms with E-state index in [1.165, 1.54) is 10.9 Å². The standard InChI is InChI=1S/C13H13ClF2N2O/c1-2-5-18-12(10(14)7-17-18)13(19)9-6-8(15)3-4-11(9)16/h3-4,6-7,13,19H,2,5H2,1H3. The maximum absolute atomic E-state index is 13.7. The lowest BCUT2D eigenvalue weighted by atomic mass is 10.1. The summed E-state index contributed by atoms with van der Waals surface area (Å²) in [6.45, 7) is 2.48. The molecule has 2 aromatic rings. The first-order valence-electron chi connectivity index (χ1n) is 5.88. The number of rotatable bonds is 4. The Kier molecular flexibility index (Phi) is 4.17. The molecule has 0 bridgehead atoms. The van der Waals surface area contributed by atoms with Crippen molar-refractivity contribution in [1.29, 1.82) is 0 Å². The maximum Gasteiger partial charge on any atom is 0.129 e.